The lowest BCUT2D eigenvalue weighted by atomic mass is 9.81. The lowest BCUT2D eigenvalue weighted by Crippen LogP contribution is -2.32. The minimum atomic E-state index is -0.115. The zero-order valence-electron chi connectivity index (χ0n) is 11.9. The van der Waals surface area contributed by atoms with Crippen molar-refractivity contribution in [2.45, 2.75) is 32.2 Å². The van der Waals surface area contributed by atoms with Crippen molar-refractivity contribution < 1.29 is 0 Å². The van der Waals surface area contributed by atoms with E-state index in [0.29, 0.717) is 0 Å². The number of nitrogens with one attached hydrogen (secondary N) is 1. The lowest BCUT2D eigenvalue weighted by Gasteiger charge is -2.27. The van der Waals surface area contributed by atoms with E-state index in [4.69, 9.17) is 5.84 Å². The molecule has 102 valence electrons. The van der Waals surface area contributed by atoms with Crippen LogP contribution in [0.25, 0.3) is 0 Å². The maximum absolute atomic E-state index is 5.76. The molecule has 1 heterocycles. The van der Waals surface area contributed by atoms with Crippen LogP contribution in [0.15, 0.2) is 30.5 Å². The van der Waals surface area contributed by atoms with Crippen LogP contribution >= 0.6 is 0 Å². The summed E-state index contributed by atoms with van der Waals surface area (Å²) < 4.78 is 1.74. The second-order valence-electron chi connectivity index (χ2n) is 5.72. The number of nitrogens with two attached hydrogens (primary N) is 1. The summed E-state index contributed by atoms with van der Waals surface area (Å²) in [5.74, 6) is 5.76. The van der Waals surface area contributed by atoms with Gasteiger partial charge < -0.3 is 0 Å². The summed E-state index contributed by atoms with van der Waals surface area (Å²) in [5.41, 5.74) is 6.29. The molecule has 1 atom stereocenters. The van der Waals surface area contributed by atoms with Crippen LogP contribution in [-0.2, 0) is 12.5 Å². The predicted octanol–water partition coefficient (Wildman–Crippen LogP) is 1.67. The van der Waals surface area contributed by atoms with Crippen molar-refractivity contribution in [1.29, 1.82) is 0 Å². The van der Waals surface area contributed by atoms with Gasteiger partial charge in [-0.05, 0) is 16.5 Å². The number of hydrazine groups is 1. The summed E-state index contributed by atoms with van der Waals surface area (Å²) in [6.07, 6.45) is 1.74. The predicted molar refractivity (Wildman–Crippen MR) is 75.3 cm³/mol. The Morgan fingerprint density at radius 1 is 1.26 bits per heavy atom. The molecule has 0 saturated heterocycles. The third-order valence-corrected chi connectivity index (χ3v) is 3.29. The third-order valence-electron chi connectivity index (χ3n) is 3.29. The first-order valence-corrected chi connectivity index (χ1v) is 6.35. The topological polar surface area (TPSA) is 68.8 Å². The molecule has 5 nitrogen and oxygen atoms in total. The van der Waals surface area contributed by atoms with E-state index < -0.39 is 0 Å². The zero-order valence-corrected chi connectivity index (χ0v) is 11.9. The van der Waals surface area contributed by atoms with Crippen molar-refractivity contribution in [3.8, 4) is 0 Å². The van der Waals surface area contributed by atoms with Crippen LogP contribution in [-0.4, -0.2) is 15.0 Å². The van der Waals surface area contributed by atoms with Crippen molar-refractivity contribution in [3.63, 3.8) is 0 Å². The summed E-state index contributed by atoms with van der Waals surface area (Å²) in [6.45, 7) is 6.59. The molecule has 0 amide bonds. The van der Waals surface area contributed by atoms with Crippen molar-refractivity contribution in [1.82, 2.24) is 20.4 Å². The first-order valence-electron chi connectivity index (χ1n) is 6.35. The quantitative estimate of drug-likeness (QED) is 0.650. The summed E-state index contributed by atoms with van der Waals surface area (Å²) in [6, 6.07) is 8.20. The maximum Gasteiger partial charge on any atom is 0.0897 e. The molecule has 0 radical (unpaired) electrons. The highest BCUT2D eigenvalue weighted by Gasteiger charge is 2.24. The highest BCUT2D eigenvalue weighted by Crippen LogP contribution is 2.31. The number of benzene rings is 1. The Bertz CT molecular complexity index is 553. The summed E-state index contributed by atoms with van der Waals surface area (Å²) in [5, 5.41) is 7.90. The van der Waals surface area contributed by atoms with Gasteiger partial charge >= 0.3 is 0 Å². The van der Waals surface area contributed by atoms with Crippen molar-refractivity contribution in [2.24, 2.45) is 12.9 Å². The highest BCUT2D eigenvalue weighted by molar-refractivity contribution is 5.38. The highest BCUT2D eigenvalue weighted by atomic mass is 15.4. The van der Waals surface area contributed by atoms with Gasteiger partial charge in [0.2, 0.25) is 0 Å². The number of rotatable bonds is 3. The van der Waals surface area contributed by atoms with E-state index >= 15 is 0 Å². The molecular formula is C14H21N5. The molecule has 5 heteroatoms. The van der Waals surface area contributed by atoms with E-state index in [1.54, 1.807) is 10.9 Å². The summed E-state index contributed by atoms with van der Waals surface area (Å²) in [7, 11) is 1.87. The monoisotopic (exact) mass is 259 g/mol. The molecule has 0 bridgehead atoms. The van der Waals surface area contributed by atoms with Crippen LogP contribution < -0.4 is 11.3 Å². The van der Waals surface area contributed by atoms with Gasteiger partial charge in [-0.25, -0.2) is 5.43 Å². The molecule has 0 saturated carbocycles. The van der Waals surface area contributed by atoms with E-state index in [-0.39, 0.29) is 11.5 Å². The molecule has 2 rings (SSSR count). The minimum absolute atomic E-state index is 0.0533. The minimum Gasteiger partial charge on any atom is -0.271 e. The number of hydrogen-bond donors (Lipinski definition) is 2. The number of nitrogens with zero attached hydrogens (tertiary/aromatic N) is 3. The first-order chi connectivity index (χ1) is 8.95. The Kier molecular flexibility index (Phi) is 3.68. The van der Waals surface area contributed by atoms with Crippen LogP contribution in [0.5, 0.6) is 0 Å². The molecule has 0 spiro atoms. The van der Waals surface area contributed by atoms with Crippen LogP contribution in [0.1, 0.15) is 43.6 Å². The van der Waals surface area contributed by atoms with Crippen molar-refractivity contribution >= 4 is 0 Å². The molecule has 1 unspecified atom stereocenters. The molecule has 0 aliphatic heterocycles. The van der Waals surface area contributed by atoms with Gasteiger partial charge in [0.25, 0.3) is 0 Å². The average Bonchev–Trinajstić information content (AvgIpc) is 2.76. The molecule has 0 fully saturated rings. The summed E-state index contributed by atoms with van der Waals surface area (Å²) in [4.78, 5) is 0. The van der Waals surface area contributed by atoms with Crippen molar-refractivity contribution in [3.05, 3.63) is 47.3 Å². The van der Waals surface area contributed by atoms with E-state index in [0.717, 1.165) is 11.3 Å². The third kappa shape index (κ3) is 2.67. The van der Waals surface area contributed by atoms with Gasteiger partial charge in [0, 0.05) is 7.05 Å². The van der Waals surface area contributed by atoms with Gasteiger partial charge in [-0.15, -0.1) is 5.10 Å². The van der Waals surface area contributed by atoms with Gasteiger partial charge in [0.1, 0.15) is 0 Å². The molecule has 0 aliphatic rings. The first kappa shape index (κ1) is 13.7. The molecule has 0 aliphatic carbocycles. The molecule has 1 aromatic heterocycles. The van der Waals surface area contributed by atoms with E-state index in [1.807, 2.05) is 13.1 Å². The fourth-order valence-corrected chi connectivity index (χ4v) is 2.33. The second-order valence-corrected chi connectivity index (χ2v) is 5.72. The Morgan fingerprint density at radius 3 is 2.47 bits per heavy atom. The molecular weight excluding hydrogens is 238 g/mol. The van der Waals surface area contributed by atoms with E-state index in [2.05, 4.69) is 54.7 Å². The Labute approximate surface area is 113 Å². The van der Waals surface area contributed by atoms with E-state index in [1.165, 1.54) is 5.56 Å². The average molecular weight is 259 g/mol. The van der Waals surface area contributed by atoms with Gasteiger partial charge in [0.15, 0.2) is 0 Å². The normalized spacial score (nSPS) is 13.5. The van der Waals surface area contributed by atoms with Gasteiger partial charge in [0.05, 0.1) is 17.9 Å². The number of aromatic nitrogens is 3. The van der Waals surface area contributed by atoms with Gasteiger partial charge in [-0.1, -0.05) is 50.3 Å². The van der Waals surface area contributed by atoms with Crippen LogP contribution in [0, 0.1) is 0 Å². The van der Waals surface area contributed by atoms with Crippen LogP contribution in [0.2, 0.25) is 0 Å². The maximum atomic E-state index is 5.76. The smallest absolute Gasteiger partial charge is 0.0897 e. The molecule has 2 aromatic rings. The fraction of sp³-hybridized carbons (Fsp3) is 0.429. The molecule has 1 aromatic carbocycles. The Morgan fingerprint density at radius 2 is 1.95 bits per heavy atom. The van der Waals surface area contributed by atoms with Crippen LogP contribution in [0.3, 0.4) is 0 Å². The molecule has 19 heavy (non-hydrogen) atoms. The van der Waals surface area contributed by atoms with Gasteiger partial charge in [-0.2, -0.15) is 0 Å². The zero-order chi connectivity index (χ0) is 14.0. The number of aryl methyl sites for hydroxylation is 1. The Hall–Kier alpha value is -1.72. The lowest BCUT2D eigenvalue weighted by molar-refractivity contribution is 0.536. The van der Waals surface area contributed by atoms with Crippen molar-refractivity contribution in [2.75, 3.05) is 0 Å². The summed E-state index contributed by atoms with van der Waals surface area (Å²) >= 11 is 0. The molecule has 3 N–H and O–H groups in total. The van der Waals surface area contributed by atoms with Crippen LogP contribution in [0.4, 0.5) is 0 Å². The van der Waals surface area contributed by atoms with Gasteiger partial charge in [-0.3, -0.25) is 10.5 Å². The standard InChI is InChI=1S/C14H21N5/c1-14(2,3)11-8-6-5-7-10(11)13(17-15)12-9-16-18-19(12)4/h5-9,13,17H,15H2,1-4H3. The Balaban J connectivity index is 2.54. The number of hydrogen-bond acceptors (Lipinski definition) is 4. The fourth-order valence-electron chi connectivity index (χ4n) is 2.33. The second kappa shape index (κ2) is 5.11. The largest absolute Gasteiger partial charge is 0.271 e. The SMILES string of the molecule is Cn1nncc1C(NN)c1ccccc1C(C)(C)C. The van der Waals surface area contributed by atoms with E-state index in [9.17, 15) is 0 Å².